The highest BCUT2D eigenvalue weighted by atomic mass is 35.5. The van der Waals surface area contributed by atoms with Crippen molar-refractivity contribution in [1.29, 1.82) is 0 Å². The fourth-order valence-electron chi connectivity index (χ4n) is 2.94. The maximum Gasteiger partial charge on any atom is 0.404 e. The van der Waals surface area contributed by atoms with Crippen molar-refractivity contribution in [2.75, 3.05) is 6.54 Å². The zero-order valence-corrected chi connectivity index (χ0v) is 15.2. The Hall–Kier alpha value is -2.90. The van der Waals surface area contributed by atoms with Crippen LogP contribution < -0.4 is 16.6 Å². The summed E-state index contributed by atoms with van der Waals surface area (Å²) in [4.78, 5) is 28.3. The Morgan fingerprint density at radius 3 is 2.67 bits per heavy atom. The molecule has 1 unspecified atom stereocenters. The Balaban J connectivity index is 2.08. The summed E-state index contributed by atoms with van der Waals surface area (Å²) in [7, 11) is 0. The van der Waals surface area contributed by atoms with E-state index in [9.17, 15) is 9.59 Å². The van der Waals surface area contributed by atoms with E-state index in [1.807, 2.05) is 30.3 Å². The van der Waals surface area contributed by atoms with Gasteiger partial charge in [0.05, 0.1) is 22.0 Å². The Labute approximate surface area is 160 Å². The monoisotopic (exact) mass is 386 g/mol. The molecule has 3 rings (SSSR count). The molecule has 1 heterocycles. The lowest BCUT2D eigenvalue weighted by molar-refractivity contribution is 0.194. The van der Waals surface area contributed by atoms with Gasteiger partial charge in [0, 0.05) is 13.1 Å². The van der Waals surface area contributed by atoms with E-state index < -0.39 is 12.1 Å². The number of amides is 1. The van der Waals surface area contributed by atoms with Crippen LogP contribution in [-0.4, -0.2) is 27.3 Å². The number of benzene rings is 2. The molecule has 0 aliphatic rings. The number of nitrogens with two attached hydrogens (primary N) is 1. The van der Waals surface area contributed by atoms with Gasteiger partial charge in [0.2, 0.25) is 0 Å². The summed E-state index contributed by atoms with van der Waals surface area (Å²) in [5, 5.41) is 11.6. The smallest absolute Gasteiger partial charge is 0.404 e. The second kappa shape index (κ2) is 8.20. The van der Waals surface area contributed by atoms with Crippen LogP contribution in [-0.2, 0) is 6.54 Å². The number of carbonyl (C=O) groups is 1. The average molecular weight is 387 g/mol. The minimum absolute atomic E-state index is 0.211. The summed E-state index contributed by atoms with van der Waals surface area (Å²) in [5.74, 6) is 0.413. The van der Waals surface area contributed by atoms with E-state index in [4.69, 9.17) is 22.4 Å². The van der Waals surface area contributed by atoms with E-state index in [2.05, 4.69) is 10.3 Å². The molecule has 2 aromatic carbocycles. The molecule has 0 radical (unpaired) electrons. The number of fused-ring (bicyclic) bond motifs is 1. The van der Waals surface area contributed by atoms with E-state index in [1.165, 1.54) is 4.57 Å². The first-order valence-corrected chi connectivity index (χ1v) is 8.83. The van der Waals surface area contributed by atoms with Crippen LogP contribution in [0.5, 0.6) is 0 Å². The number of nitrogens with one attached hydrogen (secondary N) is 1. The van der Waals surface area contributed by atoms with Crippen LogP contribution in [0.1, 0.15) is 23.9 Å². The van der Waals surface area contributed by atoms with Crippen molar-refractivity contribution in [3.63, 3.8) is 0 Å². The Kier molecular flexibility index (Phi) is 5.73. The number of aromatic nitrogens is 2. The molecule has 1 aromatic heterocycles. The molecule has 0 saturated heterocycles. The first-order chi connectivity index (χ1) is 13.0. The largest absolute Gasteiger partial charge is 0.465 e. The second-order valence-electron chi connectivity index (χ2n) is 6.03. The third-order valence-corrected chi connectivity index (χ3v) is 4.55. The molecule has 8 heteroatoms. The van der Waals surface area contributed by atoms with Gasteiger partial charge in [-0.25, -0.2) is 9.78 Å². The molecule has 0 aliphatic heterocycles. The minimum Gasteiger partial charge on any atom is -0.465 e. The van der Waals surface area contributed by atoms with Crippen LogP contribution in [0, 0.1) is 0 Å². The van der Waals surface area contributed by atoms with Crippen LogP contribution in [0.4, 0.5) is 4.79 Å². The number of rotatable bonds is 6. The number of hydrogen-bond acceptors (Lipinski definition) is 4. The van der Waals surface area contributed by atoms with Gasteiger partial charge in [-0.1, -0.05) is 48.0 Å². The summed E-state index contributed by atoms with van der Waals surface area (Å²) in [5.41, 5.74) is 7.42. The van der Waals surface area contributed by atoms with Crippen molar-refractivity contribution in [2.24, 2.45) is 5.73 Å². The van der Waals surface area contributed by atoms with Gasteiger partial charge in [-0.15, -0.1) is 0 Å². The lowest BCUT2D eigenvalue weighted by Gasteiger charge is -2.19. The molecule has 0 bridgehead atoms. The fraction of sp³-hybridized carbons (Fsp3) is 0.211. The van der Waals surface area contributed by atoms with E-state index >= 15 is 0 Å². The highest BCUT2D eigenvalue weighted by Crippen LogP contribution is 2.23. The molecule has 0 saturated carbocycles. The quantitative estimate of drug-likeness (QED) is 0.564. The van der Waals surface area contributed by atoms with E-state index in [0.29, 0.717) is 28.2 Å². The summed E-state index contributed by atoms with van der Waals surface area (Å²) in [6.07, 6.45) is -0.693. The number of halogens is 1. The first-order valence-electron chi connectivity index (χ1n) is 8.45. The molecule has 140 valence electrons. The van der Waals surface area contributed by atoms with E-state index in [1.54, 1.807) is 18.2 Å². The van der Waals surface area contributed by atoms with Gasteiger partial charge >= 0.3 is 6.09 Å². The van der Waals surface area contributed by atoms with Crippen LogP contribution in [0.25, 0.3) is 10.9 Å². The van der Waals surface area contributed by atoms with Crippen molar-refractivity contribution in [2.45, 2.75) is 19.0 Å². The molecular weight excluding hydrogens is 368 g/mol. The average Bonchev–Trinajstić information content (AvgIpc) is 2.66. The van der Waals surface area contributed by atoms with Crippen molar-refractivity contribution >= 4 is 28.6 Å². The van der Waals surface area contributed by atoms with Crippen LogP contribution >= 0.6 is 11.6 Å². The van der Waals surface area contributed by atoms with Gasteiger partial charge in [0.15, 0.2) is 0 Å². The topological polar surface area (TPSA) is 110 Å². The SMILES string of the molecule is NC(c1ccccc1)c1nc2cccc(Cl)c2c(=O)n1CCCNC(=O)O. The summed E-state index contributed by atoms with van der Waals surface area (Å²) < 4.78 is 1.48. The van der Waals surface area contributed by atoms with Crippen molar-refractivity contribution < 1.29 is 9.90 Å². The zero-order chi connectivity index (χ0) is 19.4. The zero-order valence-electron chi connectivity index (χ0n) is 14.4. The summed E-state index contributed by atoms with van der Waals surface area (Å²) in [6, 6.07) is 13.9. The molecular formula is C19H19ClN4O3. The third kappa shape index (κ3) is 4.10. The normalized spacial score (nSPS) is 12.1. The fourth-order valence-corrected chi connectivity index (χ4v) is 3.19. The van der Waals surface area contributed by atoms with Crippen LogP contribution in [0.2, 0.25) is 5.02 Å². The van der Waals surface area contributed by atoms with Crippen molar-refractivity contribution in [3.05, 3.63) is 75.3 Å². The first kappa shape index (κ1) is 18.9. The van der Waals surface area contributed by atoms with Gasteiger partial charge in [-0.2, -0.15) is 0 Å². The second-order valence-corrected chi connectivity index (χ2v) is 6.44. The molecule has 7 nitrogen and oxygen atoms in total. The van der Waals surface area contributed by atoms with E-state index in [0.717, 1.165) is 5.56 Å². The molecule has 0 aliphatic carbocycles. The highest BCUT2D eigenvalue weighted by molar-refractivity contribution is 6.35. The standard InChI is InChI=1S/C19H19ClN4O3/c20-13-8-4-9-14-15(13)18(25)24(11-5-10-22-19(26)27)17(23-14)16(21)12-6-2-1-3-7-12/h1-4,6-9,16,22H,5,10-11,21H2,(H,26,27). The van der Waals surface area contributed by atoms with Crippen LogP contribution in [0.15, 0.2) is 53.3 Å². The summed E-state index contributed by atoms with van der Waals surface area (Å²) in [6.45, 7) is 0.478. The van der Waals surface area contributed by atoms with Gasteiger partial charge in [-0.05, 0) is 24.1 Å². The maximum absolute atomic E-state index is 13.1. The van der Waals surface area contributed by atoms with Crippen LogP contribution in [0.3, 0.4) is 0 Å². The molecule has 0 fully saturated rings. The molecule has 1 atom stereocenters. The highest BCUT2D eigenvalue weighted by Gasteiger charge is 2.19. The number of hydrogen-bond donors (Lipinski definition) is 3. The molecule has 0 spiro atoms. The Bertz CT molecular complexity index is 1020. The Morgan fingerprint density at radius 1 is 1.22 bits per heavy atom. The van der Waals surface area contributed by atoms with Crippen molar-refractivity contribution in [3.8, 4) is 0 Å². The predicted molar refractivity (Wildman–Crippen MR) is 104 cm³/mol. The van der Waals surface area contributed by atoms with Gasteiger partial charge in [0.25, 0.3) is 5.56 Å². The van der Waals surface area contributed by atoms with Crippen molar-refractivity contribution in [1.82, 2.24) is 14.9 Å². The third-order valence-electron chi connectivity index (χ3n) is 4.23. The molecule has 4 N–H and O–H groups in total. The molecule has 3 aromatic rings. The maximum atomic E-state index is 13.1. The van der Waals surface area contributed by atoms with Gasteiger partial charge < -0.3 is 16.2 Å². The lowest BCUT2D eigenvalue weighted by Crippen LogP contribution is -2.32. The van der Waals surface area contributed by atoms with E-state index in [-0.39, 0.29) is 18.6 Å². The Morgan fingerprint density at radius 2 is 1.96 bits per heavy atom. The van der Waals surface area contributed by atoms with Gasteiger partial charge in [0.1, 0.15) is 5.82 Å². The number of nitrogens with zero attached hydrogens (tertiary/aromatic N) is 2. The summed E-state index contributed by atoms with van der Waals surface area (Å²) >= 11 is 6.21. The lowest BCUT2D eigenvalue weighted by atomic mass is 10.1. The molecule has 1 amide bonds. The minimum atomic E-state index is -1.11. The molecule has 27 heavy (non-hydrogen) atoms. The number of carboxylic acid groups (broad SMARTS) is 1. The predicted octanol–water partition coefficient (Wildman–Crippen LogP) is 2.76. The van der Waals surface area contributed by atoms with Gasteiger partial charge in [-0.3, -0.25) is 9.36 Å².